The Morgan fingerprint density at radius 3 is 2.55 bits per heavy atom. The SMILES string of the molecule is Cc1cc(-c2ccc(Cl)cc2)nn(-c2cncc(F)c2)c1=O. The first-order valence-corrected chi connectivity index (χ1v) is 6.90. The van der Waals surface area contributed by atoms with Crippen LogP contribution in [-0.4, -0.2) is 14.8 Å². The quantitative estimate of drug-likeness (QED) is 0.728. The maximum absolute atomic E-state index is 13.3. The van der Waals surface area contributed by atoms with E-state index in [-0.39, 0.29) is 11.2 Å². The monoisotopic (exact) mass is 315 g/mol. The molecule has 0 N–H and O–H groups in total. The van der Waals surface area contributed by atoms with Gasteiger partial charge in [0.1, 0.15) is 5.82 Å². The van der Waals surface area contributed by atoms with Gasteiger partial charge in [-0.05, 0) is 25.1 Å². The molecule has 0 atom stereocenters. The van der Waals surface area contributed by atoms with Crippen molar-refractivity contribution >= 4 is 11.6 Å². The maximum atomic E-state index is 13.3. The number of rotatable bonds is 2. The number of hydrogen-bond donors (Lipinski definition) is 0. The largest absolute Gasteiger partial charge is 0.274 e. The highest BCUT2D eigenvalue weighted by atomic mass is 35.5. The van der Waals surface area contributed by atoms with Gasteiger partial charge in [0.2, 0.25) is 0 Å². The van der Waals surface area contributed by atoms with E-state index in [4.69, 9.17) is 11.6 Å². The zero-order valence-electron chi connectivity index (χ0n) is 11.6. The number of aromatic nitrogens is 3. The van der Waals surface area contributed by atoms with E-state index >= 15 is 0 Å². The molecule has 0 amide bonds. The summed E-state index contributed by atoms with van der Waals surface area (Å²) in [5.41, 5.74) is 1.88. The molecule has 0 aliphatic rings. The summed E-state index contributed by atoms with van der Waals surface area (Å²) < 4.78 is 14.5. The Labute approximate surface area is 130 Å². The van der Waals surface area contributed by atoms with E-state index in [0.717, 1.165) is 16.4 Å². The average Bonchev–Trinajstić information content (AvgIpc) is 2.50. The third-order valence-electron chi connectivity index (χ3n) is 3.17. The average molecular weight is 316 g/mol. The van der Waals surface area contributed by atoms with Crippen molar-refractivity contribution in [2.45, 2.75) is 6.92 Å². The van der Waals surface area contributed by atoms with Gasteiger partial charge in [0, 0.05) is 22.2 Å². The third kappa shape index (κ3) is 2.76. The Morgan fingerprint density at radius 1 is 1.14 bits per heavy atom. The third-order valence-corrected chi connectivity index (χ3v) is 3.42. The zero-order chi connectivity index (χ0) is 15.7. The molecule has 3 rings (SSSR count). The molecule has 22 heavy (non-hydrogen) atoms. The minimum atomic E-state index is -0.527. The summed E-state index contributed by atoms with van der Waals surface area (Å²) in [5.74, 6) is -0.527. The van der Waals surface area contributed by atoms with Crippen molar-refractivity contribution in [3.8, 4) is 16.9 Å². The second-order valence-corrected chi connectivity index (χ2v) is 5.23. The lowest BCUT2D eigenvalue weighted by Gasteiger charge is -2.09. The molecule has 0 saturated heterocycles. The van der Waals surface area contributed by atoms with E-state index < -0.39 is 5.82 Å². The lowest BCUT2D eigenvalue weighted by molar-refractivity contribution is 0.617. The summed E-state index contributed by atoms with van der Waals surface area (Å²) in [5, 5.41) is 4.91. The molecule has 0 radical (unpaired) electrons. The van der Waals surface area contributed by atoms with Crippen LogP contribution in [0.3, 0.4) is 0 Å². The predicted molar refractivity (Wildman–Crippen MR) is 82.8 cm³/mol. The minimum Gasteiger partial charge on any atom is -0.267 e. The van der Waals surface area contributed by atoms with E-state index in [9.17, 15) is 9.18 Å². The van der Waals surface area contributed by atoms with Crippen LogP contribution in [0, 0.1) is 12.7 Å². The van der Waals surface area contributed by atoms with Gasteiger partial charge in [-0.2, -0.15) is 9.78 Å². The highest BCUT2D eigenvalue weighted by Gasteiger charge is 2.10. The molecule has 1 aromatic carbocycles. The summed E-state index contributed by atoms with van der Waals surface area (Å²) in [7, 11) is 0. The summed E-state index contributed by atoms with van der Waals surface area (Å²) in [6.07, 6.45) is 2.47. The van der Waals surface area contributed by atoms with Gasteiger partial charge in [0.05, 0.1) is 23.8 Å². The van der Waals surface area contributed by atoms with Crippen LogP contribution in [0.15, 0.2) is 53.6 Å². The Morgan fingerprint density at radius 2 is 1.86 bits per heavy atom. The fourth-order valence-corrected chi connectivity index (χ4v) is 2.20. The van der Waals surface area contributed by atoms with Crippen molar-refractivity contribution in [3.05, 3.63) is 75.5 Å². The Balaban J connectivity index is 2.19. The first-order chi connectivity index (χ1) is 10.5. The topological polar surface area (TPSA) is 47.8 Å². The summed E-state index contributed by atoms with van der Waals surface area (Å²) >= 11 is 5.87. The Kier molecular flexibility index (Phi) is 3.73. The molecule has 0 aliphatic carbocycles. The van der Waals surface area contributed by atoms with Crippen LogP contribution in [0.25, 0.3) is 16.9 Å². The Bertz CT molecular complexity index is 891. The Hall–Kier alpha value is -2.53. The van der Waals surface area contributed by atoms with Crippen LogP contribution in [0.4, 0.5) is 4.39 Å². The number of benzene rings is 1. The lowest BCUT2D eigenvalue weighted by Crippen LogP contribution is -2.24. The molecular formula is C16H11ClFN3O. The molecular weight excluding hydrogens is 305 g/mol. The molecule has 0 fully saturated rings. The van der Waals surface area contributed by atoms with Crippen molar-refractivity contribution in [2.24, 2.45) is 0 Å². The molecule has 4 nitrogen and oxygen atoms in total. The van der Waals surface area contributed by atoms with Crippen molar-refractivity contribution in [3.63, 3.8) is 0 Å². The number of halogens is 2. The van der Waals surface area contributed by atoms with Crippen LogP contribution >= 0.6 is 11.6 Å². The zero-order valence-corrected chi connectivity index (χ0v) is 12.4. The van der Waals surface area contributed by atoms with E-state index in [0.29, 0.717) is 16.3 Å². The van der Waals surface area contributed by atoms with Gasteiger partial charge in [-0.3, -0.25) is 9.78 Å². The van der Waals surface area contributed by atoms with E-state index in [1.807, 2.05) is 12.1 Å². The van der Waals surface area contributed by atoms with Gasteiger partial charge in [-0.15, -0.1) is 0 Å². The molecule has 2 heterocycles. The number of hydrogen-bond acceptors (Lipinski definition) is 3. The predicted octanol–water partition coefficient (Wildman–Crippen LogP) is 3.40. The van der Waals surface area contributed by atoms with Gasteiger partial charge < -0.3 is 0 Å². The molecule has 0 saturated carbocycles. The summed E-state index contributed by atoms with van der Waals surface area (Å²) in [6, 6.07) is 10.0. The van der Waals surface area contributed by atoms with Crippen LogP contribution in [0.5, 0.6) is 0 Å². The van der Waals surface area contributed by atoms with Crippen molar-refractivity contribution < 1.29 is 4.39 Å². The van der Waals surface area contributed by atoms with Gasteiger partial charge in [-0.25, -0.2) is 4.39 Å². The maximum Gasteiger partial charge on any atom is 0.274 e. The van der Waals surface area contributed by atoms with Crippen LogP contribution < -0.4 is 5.56 Å². The lowest BCUT2D eigenvalue weighted by atomic mass is 10.1. The van der Waals surface area contributed by atoms with Crippen molar-refractivity contribution in [2.75, 3.05) is 0 Å². The number of nitrogens with zero attached hydrogens (tertiary/aromatic N) is 3. The van der Waals surface area contributed by atoms with Crippen LogP contribution in [-0.2, 0) is 0 Å². The molecule has 0 bridgehead atoms. The van der Waals surface area contributed by atoms with E-state index in [1.54, 1.807) is 25.1 Å². The van der Waals surface area contributed by atoms with Crippen LogP contribution in [0.2, 0.25) is 5.02 Å². The molecule has 3 aromatic rings. The molecule has 0 spiro atoms. The van der Waals surface area contributed by atoms with Crippen molar-refractivity contribution in [1.82, 2.24) is 14.8 Å². The van der Waals surface area contributed by atoms with Gasteiger partial charge >= 0.3 is 0 Å². The number of aryl methyl sites for hydroxylation is 1. The molecule has 2 aromatic heterocycles. The number of pyridine rings is 1. The second kappa shape index (κ2) is 5.69. The molecule has 0 unspecified atom stereocenters. The minimum absolute atomic E-state index is 0.281. The van der Waals surface area contributed by atoms with E-state index in [1.165, 1.54) is 12.3 Å². The summed E-state index contributed by atoms with van der Waals surface area (Å²) in [6.45, 7) is 1.69. The van der Waals surface area contributed by atoms with E-state index in [2.05, 4.69) is 10.1 Å². The fourth-order valence-electron chi connectivity index (χ4n) is 2.07. The summed E-state index contributed by atoms with van der Waals surface area (Å²) in [4.78, 5) is 16.0. The van der Waals surface area contributed by atoms with Crippen LogP contribution in [0.1, 0.15) is 5.56 Å². The highest BCUT2D eigenvalue weighted by Crippen LogP contribution is 2.20. The molecule has 6 heteroatoms. The highest BCUT2D eigenvalue weighted by molar-refractivity contribution is 6.30. The first kappa shape index (κ1) is 14.4. The molecule has 0 aliphatic heterocycles. The van der Waals surface area contributed by atoms with Crippen molar-refractivity contribution in [1.29, 1.82) is 0 Å². The standard InChI is InChI=1S/C16H11ClFN3O/c1-10-6-15(11-2-4-12(17)5-3-11)20-21(16(10)22)14-7-13(18)8-19-9-14/h2-9H,1H3. The van der Waals surface area contributed by atoms with Gasteiger partial charge in [0.15, 0.2) is 0 Å². The van der Waals surface area contributed by atoms with Gasteiger partial charge in [0.25, 0.3) is 5.56 Å². The fraction of sp³-hybridized carbons (Fsp3) is 0.0625. The second-order valence-electron chi connectivity index (χ2n) is 4.80. The first-order valence-electron chi connectivity index (χ1n) is 6.52. The smallest absolute Gasteiger partial charge is 0.267 e. The molecule has 110 valence electrons. The normalized spacial score (nSPS) is 10.7. The van der Waals surface area contributed by atoms with Gasteiger partial charge in [-0.1, -0.05) is 23.7 Å².